The molecule has 0 fully saturated rings. The van der Waals surface area contributed by atoms with Crippen LogP contribution >= 0.6 is 0 Å². The number of carbonyl (C=O) groups is 1. The van der Waals surface area contributed by atoms with Crippen LogP contribution in [0.1, 0.15) is 10.4 Å². The van der Waals surface area contributed by atoms with Crippen LogP contribution in [0.5, 0.6) is 0 Å². The molecule has 0 radical (unpaired) electrons. The molecule has 0 saturated carbocycles. The third-order valence-corrected chi connectivity index (χ3v) is 1.76. The minimum absolute atomic E-state index is 0.260. The molecule has 0 atom stereocenters. The van der Waals surface area contributed by atoms with Gasteiger partial charge in [-0.15, -0.1) is 0 Å². The molecule has 1 aromatic carbocycles. The molecule has 0 aliphatic carbocycles. The summed E-state index contributed by atoms with van der Waals surface area (Å²) in [7, 11) is 0. The first-order valence-electron chi connectivity index (χ1n) is 2.86. The fraction of sp³-hybridized carbons (Fsp3) is 0. The summed E-state index contributed by atoms with van der Waals surface area (Å²) >= 11 is 0.618. The predicted octanol–water partition coefficient (Wildman–Crippen LogP) is 0.995. The van der Waals surface area contributed by atoms with E-state index in [0.717, 1.165) is 5.56 Å². The number of hydrogen-bond acceptors (Lipinski definition) is 1. The molecule has 0 heterocycles. The molecule has 0 spiro atoms. The fourth-order valence-corrected chi connectivity index (χ4v) is 1.01. The zero-order chi connectivity index (χ0) is 6.69. The van der Waals surface area contributed by atoms with Crippen LogP contribution in [0.2, 0.25) is 0 Å². The molecule has 0 aromatic heterocycles. The molecule has 2 heteroatoms. The maximum absolute atomic E-state index is 10.7. The summed E-state index contributed by atoms with van der Waals surface area (Å²) in [4.78, 5) is 10.7. The second kappa shape index (κ2) is 3.16. The SMILES string of the molecule is O=[C]([Na])c1ccccc1. The van der Waals surface area contributed by atoms with Crippen LogP contribution < -0.4 is 0 Å². The van der Waals surface area contributed by atoms with Gasteiger partial charge in [-0.2, -0.15) is 0 Å². The Morgan fingerprint density at radius 3 is 2.11 bits per heavy atom. The van der Waals surface area contributed by atoms with Crippen LogP contribution in [0.15, 0.2) is 30.3 Å². The monoisotopic (exact) mass is 128 g/mol. The van der Waals surface area contributed by atoms with E-state index in [0.29, 0.717) is 27.9 Å². The molecule has 0 amide bonds. The van der Waals surface area contributed by atoms with Crippen molar-refractivity contribution in [3.8, 4) is 0 Å². The van der Waals surface area contributed by atoms with Crippen molar-refractivity contribution in [1.82, 2.24) is 0 Å². The molecule has 0 unspecified atom stereocenters. The Hall–Kier alpha value is -0.110. The zero-order valence-electron chi connectivity index (χ0n) is 5.29. The zero-order valence-corrected chi connectivity index (χ0v) is 7.29. The third kappa shape index (κ3) is 1.94. The van der Waals surface area contributed by atoms with Gasteiger partial charge in [0.15, 0.2) is 0 Å². The van der Waals surface area contributed by atoms with E-state index in [4.69, 9.17) is 0 Å². The van der Waals surface area contributed by atoms with Crippen LogP contribution in [-0.4, -0.2) is 31.0 Å². The molecule has 40 valence electrons. The normalized spacial score (nSPS) is 9.11. The summed E-state index contributed by atoms with van der Waals surface area (Å²) in [6, 6.07) is 9.36. The van der Waals surface area contributed by atoms with E-state index >= 15 is 0 Å². The Morgan fingerprint density at radius 1 is 1.22 bits per heavy atom. The van der Waals surface area contributed by atoms with E-state index in [1.54, 1.807) is 0 Å². The Morgan fingerprint density at radius 2 is 1.78 bits per heavy atom. The van der Waals surface area contributed by atoms with Gasteiger partial charge in [-0.05, 0) is 0 Å². The van der Waals surface area contributed by atoms with E-state index < -0.39 is 0 Å². The summed E-state index contributed by atoms with van der Waals surface area (Å²) in [5.74, 6) is 0. The summed E-state index contributed by atoms with van der Waals surface area (Å²) in [5.41, 5.74) is 0.837. The van der Waals surface area contributed by atoms with Crippen molar-refractivity contribution in [2.24, 2.45) is 0 Å². The van der Waals surface area contributed by atoms with Crippen LogP contribution in [-0.2, 0) is 0 Å². The molecular formula is C7H5NaO. The Labute approximate surface area is 71.5 Å². The van der Waals surface area contributed by atoms with Gasteiger partial charge in [0, 0.05) is 0 Å². The Kier molecular flexibility index (Phi) is 2.46. The van der Waals surface area contributed by atoms with E-state index in [9.17, 15) is 4.79 Å². The second-order valence-corrected chi connectivity index (χ2v) is 2.83. The fourth-order valence-electron chi connectivity index (χ4n) is 0.673. The number of benzene rings is 1. The van der Waals surface area contributed by atoms with E-state index in [2.05, 4.69) is 0 Å². The summed E-state index contributed by atoms with van der Waals surface area (Å²) in [5, 5.41) is 0. The number of rotatable bonds is 1. The van der Waals surface area contributed by atoms with Crippen molar-refractivity contribution in [2.75, 3.05) is 0 Å². The molecule has 0 aliphatic rings. The topological polar surface area (TPSA) is 17.1 Å². The van der Waals surface area contributed by atoms with E-state index in [-0.39, 0.29) is 3.03 Å². The molecule has 0 bridgehead atoms. The summed E-state index contributed by atoms with van der Waals surface area (Å²) < 4.78 is 0.260. The molecule has 1 rings (SSSR count). The summed E-state index contributed by atoms with van der Waals surface area (Å²) in [6.45, 7) is 0. The average molecular weight is 128 g/mol. The molecule has 9 heavy (non-hydrogen) atoms. The van der Waals surface area contributed by atoms with Crippen LogP contribution in [0.25, 0.3) is 0 Å². The standard InChI is InChI=1S/C7H5O.Na/c8-6-7-4-2-1-3-5-7;/h1-5H;. The molecule has 0 aliphatic heterocycles. The molecule has 1 aromatic rings. The van der Waals surface area contributed by atoms with Gasteiger partial charge in [0.1, 0.15) is 0 Å². The molecule has 0 N–H and O–H groups in total. The van der Waals surface area contributed by atoms with Crippen LogP contribution in [0, 0.1) is 0 Å². The summed E-state index contributed by atoms with van der Waals surface area (Å²) in [6.07, 6.45) is 0. The van der Waals surface area contributed by atoms with Crippen molar-refractivity contribution in [3.05, 3.63) is 35.9 Å². The molecular weight excluding hydrogens is 123 g/mol. The first-order chi connectivity index (χ1) is 4.30. The minimum atomic E-state index is 0.260. The first-order valence-corrected chi connectivity index (χ1v) is 3.86. The van der Waals surface area contributed by atoms with Crippen LogP contribution in [0.4, 0.5) is 0 Å². The van der Waals surface area contributed by atoms with Crippen molar-refractivity contribution in [3.63, 3.8) is 0 Å². The first kappa shape index (κ1) is 7.00. The Bertz CT molecular complexity index is 205. The van der Waals surface area contributed by atoms with E-state index in [1.165, 1.54) is 0 Å². The van der Waals surface area contributed by atoms with Gasteiger partial charge in [0.25, 0.3) is 0 Å². The maximum atomic E-state index is 10.7. The molecule has 0 saturated heterocycles. The predicted molar refractivity (Wildman–Crippen MR) is 36.5 cm³/mol. The van der Waals surface area contributed by atoms with Gasteiger partial charge in [-0.3, -0.25) is 0 Å². The molecule has 1 nitrogen and oxygen atoms in total. The van der Waals surface area contributed by atoms with E-state index in [1.807, 2.05) is 30.3 Å². The quantitative estimate of drug-likeness (QED) is 0.515. The van der Waals surface area contributed by atoms with Gasteiger partial charge < -0.3 is 0 Å². The van der Waals surface area contributed by atoms with Crippen molar-refractivity contribution >= 4 is 31.0 Å². The van der Waals surface area contributed by atoms with Crippen molar-refractivity contribution in [1.29, 1.82) is 0 Å². The third-order valence-electron chi connectivity index (χ3n) is 1.18. The van der Waals surface area contributed by atoms with Gasteiger partial charge in [-0.1, -0.05) is 0 Å². The number of hydrogen-bond donors (Lipinski definition) is 0. The van der Waals surface area contributed by atoms with Gasteiger partial charge in [0.05, 0.1) is 0 Å². The van der Waals surface area contributed by atoms with Crippen molar-refractivity contribution in [2.45, 2.75) is 0 Å². The Balaban J connectivity index is 2.98. The number of carbonyl (C=O) groups excluding carboxylic acids is 1. The van der Waals surface area contributed by atoms with Crippen molar-refractivity contribution < 1.29 is 4.79 Å². The van der Waals surface area contributed by atoms with Gasteiger partial charge >= 0.3 is 71.7 Å². The van der Waals surface area contributed by atoms with Gasteiger partial charge in [0.2, 0.25) is 0 Å². The second-order valence-electron chi connectivity index (χ2n) is 1.92. The van der Waals surface area contributed by atoms with Gasteiger partial charge in [-0.25, -0.2) is 0 Å². The van der Waals surface area contributed by atoms with Crippen LogP contribution in [0.3, 0.4) is 0 Å². The average Bonchev–Trinajstić information content (AvgIpc) is 1.90.